The van der Waals surface area contributed by atoms with Gasteiger partial charge in [-0.05, 0) is 29.3 Å². The van der Waals surface area contributed by atoms with Crippen LogP contribution in [0.2, 0.25) is 0 Å². The van der Waals surface area contributed by atoms with Gasteiger partial charge >= 0.3 is 11.4 Å². The summed E-state index contributed by atoms with van der Waals surface area (Å²) < 4.78 is 30.7. The summed E-state index contributed by atoms with van der Waals surface area (Å²) >= 11 is 4.64. The third-order valence-corrected chi connectivity index (χ3v) is 2.48. The number of alkyl halides is 3. The lowest BCUT2D eigenvalue weighted by Gasteiger charge is -2.09. The molecule has 0 aliphatic carbocycles. The zero-order valence-electron chi connectivity index (χ0n) is 10.2. The number of carbonyl (C=O) groups is 1. The largest absolute Gasteiger partial charge is 0.454 e. The highest BCUT2D eigenvalue weighted by molar-refractivity contribution is 6.21. The molecule has 0 fully saturated rings. The van der Waals surface area contributed by atoms with E-state index in [-0.39, 0.29) is 5.56 Å². The summed E-state index contributed by atoms with van der Waals surface area (Å²) in [6, 6.07) is 6.33. The number of hydrogen-bond acceptors (Lipinski definition) is 4. The Hall–Kier alpha value is -2.02. The van der Waals surface area contributed by atoms with Crippen molar-refractivity contribution in [1.29, 1.82) is 0 Å². The number of halogens is 3. The van der Waals surface area contributed by atoms with Gasteiger partial charge in [0, 0.05) is 0 Å². The Labute approximate surface area is 118 Å². The number of nitrogens with zero attached hydrogens (tertiary/aromatic N) is 3. The van der Waals surface area contributed by atoms with E-state index in [1.165, 1.54) is 18.5 Å². The van der Waals surface area contributed by atoms with Crippen LogP contribution in [0.15, 0.2) is 36.9 Å². The maximum absolute atomic E-state index is 12.3. The van der Waals surface area contributed by atoms with Crippen molar-refractivity contribution in [3.05, 3.63) is 48.0 Å². The van der Waals surface area contributed by atoms with E-state index in [4.69, 9.17) is 0 Å². The normalized spacial score (nSPS) is 11.3. The molecule has 0 radical (unpaired) electrons. The molecular weight excluding hydrogens is 292 g/mol. The molecule has 0 unspecified atom stereocenters. The predicted molar refractivity (Wildman–Crippen MR) is 66.6 cm³/mol. The van der Waals surface area contributed by atoms with E-state index in [0.29, 0.717) is 6.54 Å². The summed E-state index contributed by atoms with van der Waals surface area (Å²) in [5, 5.41) is 0.389. The highest BCUT2D eigenvalue weighted by Crippen LogP contribution is 2.19. The lowest BCUT2D eigenvalue weighted by Crippen LogP contribution is -2.19. The minimum Gasteiger partial charge on any atom is -0.454 e. The summed E-state index contributed by atoms with van der Waals surface area (Å²) in [6.07, 6.45) is 2.97. The first-order chi connectivity index (χ1) is 9.44. The summed E-state index contributed by atoms with van der Waals surface area (Å²) in [6.45, 7) is -0.664. The maximum Gasteiger partial charge on any atom is 0.355 e. The van der Waals surface area contributed by atoms with Gasteiger partial charge in [-0.15, -0.1) is 0 Å². The molecule has 0 aliphatic rings. The molecule has 0 atom stereocenters. The fourth-order valence-corrected chi connectivity index (χ4v) is 1.53. The minimum atomic E-state index is -3.55. The molecule has 20 heavy (non-hydrogen) atoms. The second-order valence-electron chi connectivity index (χ2n) is 3.98. The molecular formula is C12H10ClF2N3O2. The van der Waals surface area contributed by atoms with E-state index in [9.17, 15) is 13.6 Å². The van der Waals surface area contributed by atoms with E-state index in [1.807, 2.05) is 0 Å². The fourth-order valence-electron chi connectivity index (χ4n) is 1.48. The molecule has 0 N–H and O–H groups in total. The van der Waals surface area contributed by atoms with E-state index >= 15 is 0 Å². The molecule has 0 aliphatic heterocycles. The first-order valence-electron chi connectivity index (χ1n) is 5.59. The molecule has 0 saturated heterocycles. The zero-order chi connectivity index (χ0) is 14.6. The quantitative estimate of drug-likeness (QED) is 0.628. The van der Waals surface area contributed by atoms with Crippen LogP contribution in [0.3, 0.4) is 0 Å². The van der Waals surface area contributed by atoms with Crippen molar-refractivity contribution in [2.75, 3.05) is 6.61 Å². The van der Waals surface area contributed by atoms with Crippen LogP contribution in [0.5, 0.6) is 0 Å². The second kappa shape index (κ2) is 5.96. The molecule has 106 valence electrons. The highest BCUT2D eigenvalue weighted by atomic mass is 35.5. The van der Waals surface area contributed by atoms with Gasteiger partial charge in [0.2, 0.25) is 0 Å². The van der Waals surface area contributed by atoms with Gasteiger partial charge in [0.1, 0.15) is 12.7 Å². The number of aromatic nitrogens is 3. The predicted octanol–water partition coefficient (Wildman–Crippen LogP) is 2.31. The van der Waals surface area contributed by atoms with E-state index in [1.54, 1.807) is 23.1 Å². The number of benzene rings is 1. The van der Waals surface area contributed by atoms with Crippen LogP contribution in [-0.4, -0.2) is 32.7 Å². The maximum atomic E-state index is 12.3. The second-order valence-corrected chi connectivity index (χ2v) is 4.53. The average Bonchev–Trinajstić information content (AvgIpc) is 2.89. The Kier molecular flexibility index (Phi) is 4.29. The Morgan fingerprint density at radius 3 is 2.60 bits per heavy atom. The third-order valence-electron chi connectivity index (χ3n) is 2.37. The van der Waals surface area contributed by atoms with E-state index < -0.39 is 18.0 Å². The van der Waals surface area contributed by atoms with Crippen molar-refractivity contribution in [1.82, 2.24) is 14.8 Å². The monoisotopic (exact) mass is 301 g/mol. The van der Waals surface area contributed by atoms with Gasteiger partial charge in [-0.2, -0.15) is 13.9 Å². The van der Waals surface area contributed by atoms with Crippen molar-refractivity contribution < 1.29 is 18.3 Å². The van der Waals surface area contributed by atoms with Gasteiger partial charge in [0.25, 0.3) is 0 Å². The van der Waals surface area contributed by atoms with Gasteiger partial charge in [0.05, 0.1) is 12.1 Å². The first kappa shape index (κ1) is 14.4. The molecule has 2 rings (SSSR count). The minimum absolute atomic E-state index is 0.174. The van der Waals surface area contributed by atoms with Crippen molar-refractivity contribution in [2.24, 2.45) is 0 Å². The van der Waals surface area contributed by atoms with Gasteiger partial charge in [-0.25, -0.2) is 14.5 Å². The molecule has 1 aromatic heterocycles. The van der Waals surface area contributed by atoms with E-state index in [0.717, 1.165) is 5.56 Å². The summed E-state index contributed by atoms with van der Waals surface area (Å²) in [5.41, 5.74) is 1.06. The number of esters is 1. The molecule has 0 saturated carbocycles. The third kappa shape index (κ3) is 4.27. The van der Waals surface area contributed by atoms with Crippen molar-refractivity contribution in [3.63, 3.8) is 0 Å². The van der Waals surface area contributed by atoms with Gasteiger partial charge in [0.15, 0.2) is 6.61 Å². The smallest absolute Gasteiger partial charge is 0.355 e. The summed E-state index contributed by atoms with van der Waals surface area (Å²) in [4.78, 5) is 15.3. The molecule has 5 nitrogen and oxygen atoms in total. The molecule has 1 aromatic carbocycles. The lowest BCUT2D eigenvalue weighted by molar-refractivity contribution is -0.00448. The van der Waals surface area contributed by atoms with Gasteiger partial charge < -0.3 is 4.74 Å². The molecule has 1 heterocycles. The molecule has 0 bridgehead atoms. The molecule has 8 heteroatoms. The lowest BCUT2D eigenvalue weighted by atomic mass is 10.1. The van der Waals surface area contributed by atoms with Crippen molar-refractivity contribution in [3.8, 4) is 0 Å². The SMILES string of the molecule is O=C(OCC(F)(F)Cl)c1ccc(Cn2cncn2)cc1. The Morgan fingerprint density at radius 1 is 1.35 bits per heavy atom. The van der Waals surface area contributed by atoms with Crippen LogP contribution in [0.4, 0.5) is 8.78 Å². The Morgan fingerprint density at radius 2 is 2.05 bits per heavy atom. The molecule has 0 amide bonds. The standard InChI is InChI=1S/C12H10ClF2N3O2/c13-12(14,15)6-20-11(19)10-3-1-9(2-4-10)5-18-8-16-7-17-18/h1-4,7-8H,5-6H2. The van der Waals surface area contributed by atoms with Crippen LogP contribution >= 0.6 is 11.6 Å². The molecule has 0 spiro atoms. The zero-order valence-corrected chi connectivity index (χ0v) is 10.9. The fraction of sp³-hybridized carbons (Fsp3) is 0.250. The van der Waals surface area contributed by atoms with Crippen LogP contribution < -0.4 is 0 Å². The van der Waals surface area contributed by atoms with Crippen LogP contribution in [0.25, 0.3) is 0 Å². The first-order valence-corrected chi connectivity index (χ1v) is 5.97. The van der Waals surface area contributed by atoms with Crippen LogP contribution in [-0.2, 0) is 11.3 Å². The molecule has 2 aromatic rings. The number of ether oxygens (including phenoxy) is 1. The van der Waals surface area contributed by atoms with Gasteiger partial charge in [-0.3, -0.25) is 0 Å². The van der Waals surface area contributed by atoms with Crippen molar-refractivity contribution in [2.45, 2.75) is 11.9 Å². The van der Waals surface area contributed by atoms with E-state index in [2.05, 4.69) is 26.4 Å². The number of hydrogen-bond donors (Lipinski definition) is 0. The summed E-state index contributed by atoms with van der Waals surface area (Å²) in [7, 11) is 0. The Balaban J connectivity index is 1.95. The Bertz CT molecular complexity index is 567. The van der Waals surface area contributed by atoms with Crippen LogP contribution in [0.1, 0.15) is 15.9 Å². The average molecular weight is 302 g/mol. The van der Waals surface area contributed by atoms with Crippen molar-refractivity contribution >= 4 is 17.6 Å². The number of rotatable bonds is 5. The van der Waals surface area contributed by atoms with Crippen LogP contribution in [0, 0.1) is 0 Å². The van der Waals surface area contributed by atoms with Gasteiger partial charge in [-0.1, -0.05) is 12.1 Å². The topological polar surface area (TPSA) is 57.0 Å². The number of carbonyl (C=O) groups excluding carboxylic acids is 1. The highest BCUT2D eigenvalue weighted by Gasteiger charge is 2.27. The summed E-state index contributed by atoms with van der Waals surface area (Å²) in [5.74, 6) is -0.849.